The van der Waals surface area contributed by atoms with Crippen LogP contribution in [0, 0.1) is 0 Å². The van der Waals surface area contributed by atoms with E-state index in [0.717, 1.165) is 34.0 Å². The van der Waals surface area contributed by atoms with E-state index in [0.29, 0.717) is 23.8 Å². The maximum absolute atomic E-state index is 12.8. The molecule has 1 aliphatic rings. The summed E-state index contributed by atoms with van der Waals surface area (Å²) in [5.74, 6) is -5.48. The molecule has 1 amide bonds. The van der Waals surface area contributed by atoms with E-state index in [-0.39, 0.29) is 5.91 Å². The summed E-state index contributed by atoms with van der Waals surface area (Å²) in [5, 5.41) is 15.5. The highest BCUT2D eigenvalue weighted by atomic mass is 35.5. The smallest absolute Gasteiger partial charge is 0.475 e. The molecule has 1 aliphatic heterocycles. The highest BCUT2D eigenvalue weighted by Crippen LogP contribution is 2.27. The predicted octanol–water partition coefficient (Wildman–Crippen LogP) is 4.76. The fraction of sp³-hybridized carbons (Fsp3) is 0.273. The third-order valence-corrected chi connectivity index (χ3v) is 6.08. The minimum absolute atomic E-state index is 0.0345. The number of nitrogens with zero attached hydrogens (tertiary/aromatic N) is 3. The summed E-state index contributed by atoms with van der Waals surface area (Å²) in [6.45, 7) is 2.87. The molecule has 212 valence electrons. The topological polar surface area (TPSA) is 137 Å². The van der Waals surface area contributed by atoms with Crippen LogP contribution in [0.25, 0.3) is 10.2 Å². The molecule has 1 aromatic heterocycles. The third kappa shape index (κ3) is 9.17. The Morgan fingerprint density at radius 2 is 1.41 bits per heavy atom. The zero-order valence-electron chi connectivity index (χ0n) is 19.5. The monoisotopic (exact) mass is 600 g/mol. The lowest BCUT2D eigenvalue weighted by Crippen LogP contribution is -2.48. The lowest BCUT2D eigenvalue weighted by atomic mass is 10.1. The van der Waals surface area contributed by atoms with Crippen molar-refractivity contribution in [3.8, 4) is 0 Å². The second-order valence-corrected chi connectivity index (χ2v) is 9.04. The number of fused-ring (bicyclic) bond motifs is 1. The average molecular weight is 601 g/mol. The number of rotatable bonds is 2. The molecule has 1 fully saturated rings. The van der Waals surface area contributed by atoms with Crippen LogP contribution in [-0.2, 0) is 9.59 Å². The molecule has 0 spiro atoms. The van der Waals surface area contributed by atoms with Crippen LogP contribution in [-0.4, -0.2) is 76.5 Å². The normalized spacial score (nSPS) is 13.6. The molecular weight excluding hydrogens is 582 g/mol. The molecule has 17 heteroatoms. The molecule has 2 heterocycles. The molecule has 0 bridgehead atoms. The van der Waals surface area contributed by atoms with Gasteiger partial charge in [-0.15, -0.1) is 0 Å². The van der Waals surface area contributed by atoms with Crippen molar-refractivity contribution in [2.45, 2.75) is 12.4 Å². The van der Waals surface area contributed by atoms with Crippen LogP contribution >= 0.6 is 22.9 Å². The van der Waals surface area contributed by atoms with E-state index >= 15 is 0 Å². The first kappa shape index (κ1) is 31.4. The molecule has 0 aliphatic carbocycles. The molecule has 39 heavy (non-hydrogen) atoms. The Kier molecular flexibility index (Phi) is 10.3. The molecule has 0 radical (unpaired) electrons. The Morgan fingerprint density at radius 1 is 0.897 bits per heavy atom. The van der Waals surface area contributed by atoms with E-state index in [4.69, 9.17) is 37.1 Å². The van der Waals surface area contributed by atoms with Gasteiger partial charge < -0.3 is 25.7 Å². The van der Waals surface area contributed by atoms with Gasteiger partial charge in [-0.25, -0.2) is 14.6 Å². The number of aliphatic carboxylic acids is 2. The van der Waals surface area contributed by atoms with Gasteiger partial charge in [0, 0.05) is 31.7 Å². The molecule has 4 N–H and O–H groups in total. The number of aromatic nitrogens is 1. The average Bonchev–Trinajstić information content (AvgIpc) is 3.23. The Morgan fingerprint density at radius 3 is 1.90 bits per heavy atom. The van der Waals surface area contributed by atoms with Crippen LogP contribution in [0.1, 0.15) is 10.4 Å². The summed E-state index contributed by atoms with van der Waals surface area (Å²) < 4.78 is 64.5. The zero-order chi connectivity index (χ0) is 29.5. The predicted molar refractivity (Wildman–Crippen MR) is 131 cm³/mol. The molecule has 0 atom stereocenters. The second kappa shape index (κ2) is 12.8. The minimum Gasteiger partial charge on any atom is -0.475 e. The van der Waals surface area contributed by atoms with Crippen LogP contribution < -0.4 is 10.6 Å². The number of carbonyl (C=O) groups is 3. The summed E-state index contributed by atoms with van der Waals surface area (Å²) in [6.07, 6.45) is -10.2. The van der Waals surface area contributed by atoms with E-state index in [1.807, 2.05) is 47.4 Å². The van der Waals surface area contributed by atoms with Gasteiger partial charge in [-0.05, 0) is 30.3 Å². The molecule has 1 saturated heterocycles. The Balaban J connectivity index is 0.000000317. The highest BCUT2D eigenvalue weighted by Gasteiger charge is 2.38. The number of carboxylic acids is 2. The van der Waals surface area contributed by atoms with Crippen LogP contribution in [0.15, 0.2) is 42.5 Å². The van der Waals surface area contributed by atoms with Gasteiger partial charge in [0.2, 0.25) is 0 Å². The van der Waals surface area contributed by atoms with E-state index in [9.17, 15) is 31.1 Å². The van der Waals surface area contributed by atoms with Crippen molar-refractivity contribution in [2.24, 2.45) is 0 Å². The summed E-state index contributed by atoms with van der Waals surface area (Å²) in [6, 6.07) is 13.4. The lowest BCUT2D eigenvalue weighted by molar-refractivity contribution is -0.193. The SMILES string of the molecule is Nc1nc2cc(C(=O)N3CCN(c4ccccc4Cl)CC3)ccc2s1.O=C(O)C(F)(F)F.O=C(O)C(F)(F)F. The van der Waals surface area contributed by atoms with E-state index in [2.05, 4.69) is 9.88 Å². The van der Waals surface area contributed by atoms with Gasteiger partial charge in [0.15, 0.2) is 5.13 Å². The fourth-order valence-corrected chi connectivity index (χ4v) is 4.09. The van der Waals surface area contributed by atoms with E-state index < -0.39 is 24.3 Å². The first-order valence-corrected chi connectivity index (χ1v) is 11.7. The number of carboxylic acid groups (broad SMARTS) is 2. The highest BCUT2D eigenvalue weighted by molar-refractivity contribution is 7.22. The number of piperazine rings is 1. The Labute approximate surface area is 225 Å². The number of hydrogen-bond acceptors (Lipinski definition) is 7. The number of amides is 1. The Bertz CT molecular complexity index is 1300. The largest absolute Gasteiger partial charge is 0.490 e. The number of anilines is 2. The standard InChI is InChI=1S/C18H17ClN4OS.2C2HF3O2/c19-13-3-1-2-4-15(13)22-7-9-23(10-8-22)17(24)12-5-6-16-14(11-12)21-18(20)25-16;2*3-2(4,5)1(6)7/h1-6,11H,7-10H2,(H2,20,21);2*(H,6,7). The van der Waals surface area contributed by atoms with Crippen molar-refractivity contribution in [1.29, 1.82) is 0 Å². The van der Waals surface area contributed by atoms with Gasteiger partial charge in [0.1, 0.15) is 0 Å². The van der Waals surface area contributed by atoms with Gasteiger partial charge in [-0.2, -0.15) is 26.3 Å². The van der Waals surface area contributed by atoms with Gasteiger partial charge in [0.05, 0.1) is 20.9 Å². The molecule has 4 rings (SSSR count). The first-order chi connectivity index (χ1) is 18.0. The van der Waals surface area contributed by atoms with Gasteiger partial charge in [-0.3, -0.25) is 4.79 Å². The molecule has 0 saturated carbocycles. The van der Waals surface area contributed by atoms with Crippen molar-refractivity contribution < 1.29 is 50.9 Å². The number of thiazole rings is 1. The number of carbonyl (C=O) groups excluding carboxylic acids is 1. The minimum atomic E-state index is -5.08. The first-order valence-electron chi connectivity index (χ1n) is 10.6. The zero-order valence-corrected chi connectivity index (χ0v) is 21.0. The number of hydrogen-bond donors (Lipinski definition) is 3. The number of nitrogens with two attached hydrogens (primary N) is 1. The second-order valence-electron chi connectivity index (χ2n) is 7.57. The van der Waals surface area contributed by atoms with Crippen molar-refractivity contribution in [1.82, 2.24) is 9.88 Å². The molecule has 2 aromatic carbocycles. The number of halogens is 7. The summed E-state index contributed by atoms with van der Waals surface area (Å²) >= 11 is 7.70. The molecule has 9 nitrogen and oxygen atoms in total. The maximum atomic E-state index is 12.8. The fourth-order valence-electron chi connectivity index (χ4n) is 3.12. The van der Waals surface area contributed by atoms with Crippen molar-refractivity contribution in [3.63, 3.8) is 0 Å². The van der Waals surface area contributed by atoms with E-state index in [1.54, 1.807) is 0 Å². The van der Waals surface area contributed by atoms with Crippen molar-refractivity contribution >= 4 is 61.8 Å². The quantitative estimate of drug-likeness (QED) is 0.358. The van der Waals surface area contributed by atoms with Crippen LogP contribution in [0.2, 0.25) is 5.02 Å². The molecule has 0 unspecified atom stereocenters. The summed E-state index contributed by atoms with van der Waals surface area (Å²) in [4.78, 5) is 38.9. The Hall–Kier alpha value is -3.79. The van der Waals surface area contributed by atoms with Crippen LogP contribution in [0.5, 0.6) is 0 Å². The lowest BCUT2D eigenvalue weighted by Gasteiger charge is -2.36. The number of alkyl halides is 6. The van der Waals surface area contributed by atoms with Gasteiger partial charge in [-0.1, -0.05) is 35.1 Å². The van der Waals surface area contributed by atoms with Gasteiger partial charge in [0.25, 0.3) is 5.91 Å². The van der Waals surface area contributed by atoms with E-state index in [1.165, 1.54) is 11.3 Å². The van der Waals surface area contributed by atoms with Crippen LogP contribution in [0.3, 0.4) is 0 Å². The summed E-state index contributed by atoms with van der Waals surface area (Å²) in [5.41, 5.74) is 8.20. The molecular formula is C22H19ClF6N4O5S. The van der Waals surface area contributed by atoms with Crippen LogP contribution in [0.4, 0.5) is 37.2 Å². The summed E-state index contributed by atoms with van der Waals surface area (Å²) in [7, 11) is 0. The maximum Gasteiger partial charge on any atom is 0.490 e. The van der Waals surface area contributed by atoms with Crippen molar-refractivity contribution in [3.05, 3.63) is 53.1 Å². The number of nitrogen functional groups attached to an aromatic ring is 1. The third-order valence-electron chi connectivity index (χ3n) is 4.90. The number of para-hydroxylation sites is 1. The van der Waals surface area contributed by atoms with Gasteiger partial charge >= 0.3 is 24.3 Å². The number of benzene rings is 2. The van der Waals surface area contributed by atoms with Crippen molar-refractivity contribution in [2.75, 3.05) is 36.8 Å². The molecule has 3 aromatic rings.